The molecule has 2 amide bonds. The minimum absolute atomic E-state index is 0.148. The van der Waals surface area contributed by atoms with E-state index < -0.39 is 12.0 Å². The number of amides is 2. The second-order valence-corrected chi connectivity index (χ2v) is 6.33. The molecule has 7 nitrogen and oxygen atoms in total. The molecule has 2 heterocycles. The van der Waals surface area contributed by atoms with Crippen LogP contribution in [0.1, 0.15) is 28.0 Å². The lowest BCUT2D eigenvalue weighted by molar-refractivity contribution is -0.133. The van der Waals surface area contributed by atoms with Crippen molar-refractivity contribution in [3.63, 3.8) is 0 Å². The van der Waals surface area contributed by atoms with Gasteiger partial charge < -0.3 is 20.5 Å². The first-order valence-corrected chi connectivity index (χ1v) is 8.98. The summed E-state index contributed by atoms with van der Waals surface area (Å²) >= 11 is 0. The smallest absolute Gasteiger partial charge is 0.267 e. The Morgan fingerprint density at radius 2 is 2.07 bits per heavy atom. The Morgan fingerprint density at radius 3 is 2.53 bits per heavy atom. The van der Waals surface area contributed by atoms with Crippen molar-refractivity contribution in [2.24, 2.45) is 5.73 Å². The maximum atomic E-state index is 11.4. The van der Waals surface area contributed by atoms with E-state index in [4.69, 9.17) is 22.0 Å². The second kappa shape index (κ2) is 12.0. The predicted octanol–water partition coefficient (Wildman–Crippen LogP) is 1.43. The molecule has 0 unspecified atom stereocenters. The standard InChI is InChI=1S/C16H14N2O2.C5H9NO2.C2H2/c1-3-11-5-4-6-13(7-11)14-8-12(10-20-2)9-15(18-14)16(17)19;1-6-3-2-4(7)5(6)8;1-2/h1,4-9H,10H2,2H3,(H2,17,19);4,7H,2-3H2,1H3;1-2H/t;4-;/m.0./s1. The van der Waals surface area contributed by atoms with E-state index >= 15 is 0 Å². The summed E-state index contributed by atoms with van der Waals surface area (Å²) in [6.45, 7) is 1.07. The van der Waals surface area contributed by atoms with E-state index in [1.807, 2.05) is 30.3 Å². The highest BCUT2D eigenvalue weighted by Gasteiger charge is 2.25. The summed E-state index contributed by atoms with van der Waals surface area (Å²) in [7, 11) is 3.28. The Kier molecular flexibility index (Phi) is 9.78. The van der Waals surface area contributed by atoms with Gasteiger partial charge in [0.1, 0.15) is 11.8 Å². The summed E-state index contributed by atoms with van der Waals surface area (Å²) in [5.41, 5.74) is 8.58. The van der Waals surface area contributed by atoms with Crippen LogP contribution in [-0.4, -0.2) is 53.6 Å². The van der Waals surface area contributed by atoms with E-state index in [-0.39, 0.29) is 11.6 Å². The molecule has 0 spiro atoms. The topological polar surface area (TPSA) is 106 Å². The van der Waals surface area contributed by atoms with Crippen LogP contribution in [0, 0.1) is 25.2 Å². The van der Waals surface area contributed by atoms with E-state index in [1.54, 1.807) is 20.2 Å². The summed E-state index contributed by atoms with van der Waals surface area (Å²) in [6, 6.07) is 10.9. The summed E-state index contributed by atoms with van der Waals surface area (Å²) in [6.07, 6.45) is 13.3. The van der Waals surface area contributed by atoms with Crippen molar-refractivity contribution in [1.29, 1.82) is 0 Å². The largest absolute Gasteiger partial charge is 0.383 e. The third-order valence-electron chi connectivity index (χ3n) is 4.17. The molecule has 2 aromatic rings. The molecule has 3 N–H and O–H groups in total. The maximum absolute atomic E-state index is 11.4. The fourth-order valence-corrected chi connectivity index (χ4v) is 2.68. The number of carbonyl (C=O) groups excluding carboxylic acids is 2. The fourth-order valence-electron chi connectivity index (χ4n) is 2.68. The number of rotatable bonds is 4. The molecule has 1 atom stereocenters. The van der Waals surface area contributed by atoms with Crippen LogP contribution in [0.15, 0.2) is 36.4 Å². The van der Waals surface area contributed by atoms with Crippen LogP contribution in [0.5, 0.6) is 0 Å². The first kappa shape index (κ1) is 24.4. The number of likely N-dealkylation sites (N-methyl/N-ethyl adjacent to an activating group) is 1. The predicted molar refractivity (Wildman–Crippen MR) is 115 cm³/mol. The number of aromatic nitrogens is 1. The van der Waals surface area contributed by atoms with E-state index in [9.17, 15) is 9.59 Å². The van der Waals surface area contributed by atoms with Crippen LogP contribution < -0.4 is 5.73 Å². The lowest BCUT2D eigenvalue weighted by Gasteiger charge is -2.07. The summed E-state index contributed by atoms with van der Waals surface area (Å²) in [5, 5.41) is 8.78. The van der Waals surface area contributed by atoms with Crippen molar-refractivity contribution in [3.8, 4) is 36.4 Å². The SMILES string of the molecule is C#C.C#Cc1cccc(-c2cc(COC)cc(C(N)=O)n2)c1.CN1CC[C@H](O)C1=O. The lowest BCUT2D eigenvalue weighted by atomic mass is 10.1. The fraction of sp³-hybridized carbons (Fsp3) is 0.261. The number of aliphatic hydroxyl groups excluding tert-OH is 1. The number of nitrogens with two attached hydrogens (primary N) is 1. The Hall–Kier alpha value is -3.65. The van der Waals surface area contributed by atoms with Gasteiger partial charge in [-0.1, -0.05) is 18.1 Å². The molecule has 0 radical (unpaired) electrons. The summed E-state index contributed by atoms with van der Waals surface area (Å²) < 4.78 is 5.09. The maximum Gasteiger partial charge on any atom is 0.267 e. The van der Waals surface area contributed by atoms with E-state index in [1.165, 1.54) is 4.90 Å². The van der Waals surface area contributed by atoms with E-state index in [0.29, 0.717) is 25.3 Å². The molecular weight excluding hydrogens is 382 g/mol. The quantitative estimate of drug-likeness (QED) is 0.746. The van der Waals surface area contributed by atoms with Crippen molar-refractivity contribution in [3.05, 3.63) is 53.2 Å². The van der Waals surface area contributed by atoms with Crippen LogP contribution in [0.25, 0.3) is 11.3 Å². The number of terminal acetylenes is 2. The lowest BCUT2D eigenvalue weighted by Crippen LogP contribution is -2.24. The van der Waals surface area contributed by atoms with Crippen molar-refractivity contribution in [1.82, 2.24) is 9.88 Å². The molecule has 1 aromatic carbocycles. The van der Waals surface area contributed by atoms with Crippen LogP contribution >= 0.6 is 0 Å². The van der Waals surface area contributed by atoms with Gasteiger partial charge >= 0.3 is 0 Å². The monoisotopic (exact) mass is 407 g/mol. The first-order valence-electron chi connectivity index (χ1n) is 8.98. The van der Waals surface area contributed by atoms with E-state index in [0.717, 1.165) is 16.7 Å². The molecule has 0 bridgehead atoms. The van der Waals surface area contributed by atoms with Crippen molar-refractivity contribution < 1.29 is 19.4 Å². The average Bonchev–Trinajstić information content (AvgIpc) is 3.06. The molecule has 30 heavy (non-hydrogen) atoms. The van der Waals surface area contributed by atoms with Gasteiger partial charge in [0, 0.05) is 31.8 Å². The van der Waals surface area contributed by atoms with Gasteiger partial charge in [-0.15, -0.1) is 19.3 Å². The first-order chi connectivity index (χ1) is 14.3. The highest BCUT2D eigenvalue weighted by atomic mass is 16.5. The average molecular weight is 407 g/mol. The molecule has 0 aliphatic carbocycles. The Morgan fingerprint density at radius 1 is 1.37 bits per heavy atom. The zero-order chi connectivity index (χ0) is 22.7. The van der Waals surface area contributed by atoms with Gasteiger partial charge in [0.05, 0.1) is 12.3 Å². The van der Waals surface area contributed by atoms with Crippen LogP contribution in [-0.2, 0) is 16.1 Å². The number of aliphatic hydroxyl groups is 1. The number of carbonyl (C=O) groups is 2. The van der Waals surface area contributed by atoms with Gasteiger partial charge in [-0.2, -0.15) is 0 Å². The molecule has 1 aliphatic heterocycles. The Bertz CT molecular complexity index is 935. The second-order valence-electron chi connectivity index (χ2n) is 6.33. The van der Waals surface area contributed by atoms with Gasteiger partial charge in [-0.05, 0) is 36.2 Å². The van der Waals surface area contributed by atoms with Crippen molar-refractivity contribution in [2.75, 3.05) is 20.7 Å². The number of hydrogen-bond donors (Lipinski definition) is 2. The molecule has 1 aromatic heterocycles. The van der Waals surface area contributed by atoms with Crippen molar-refractivity contribution >= 4 is 11.8 Å². The molecule has 0 saturated carbocycles. The molecule has 1 saturated heterocycles. The van der Waals surface area contributed by atoms with Crippen LogP contribution in [0.2, 0.25) is 0 Å². The number of pyridine rings is 1. The number of hydrogen-bond acceptors (Lipinski definition) is 5. The highest BCUT2D eigenvalue weighted by Crippen LogP contribution is 2.21. The van der Waals surface area contributed by atoms with Crippen LogP contribution in [0.4, 0.5) is 0 Å². The molecule has 156 valence electrons. The van der Waals surface area contributed by atoms with Gasteiger partial charge in [0.2, 0.25) is 0 Å². The van der Waals surface area contributed by atoms with Gasteiger partial charge in [0.25, 0.3) is 11.8 Å². The molecular formula is C23H25N3O4. The number of ether oxygens (including phenoxy) is 1. The third kappa shape index (κ3) is 6.75. The molecule has 7 heteroatoms. The number of primary amides is 1. The van der Waals surface area contributed by atoms with E-state index in [2.05, 4.69) is 23.8 Å². The number of benzene rings is 1. The van der Waals surface area contributed by atoms with Gasteiger partial charge in [0.15, 0.2) is 0 Å². The van der Waals surface area contributed by atoms with Crippen molar-refractivity contribution in [2.45, 2.75) is 19.1 Å². The Balaban J connectivity index is 0.000000375. The summed E-state index contributed by atoms with van der Waals surface area (Å²) in [4.78, 5) is 27.7. The summed E-state index contributed by atoms with van der Waals surface area (Å²) in [5.74, 6) is 1.85. The Labute approximate surface area is 176 Å². The zero-order valence-corrected chi connectivity index (χ0v) is 17.0. The normalized spacial score (nSPS) is 14.6. The molecule has 1 aliphatic rings. The zero-order valence-electron chi connectivity index (χ0n) is 17.0. The van der Waals surface area contributed by atoms with Gasteiger partial charge in [-0.3, -0.25) is 9.59 Å². The molecule has 1 fully saturated rings. The molecule has 3 rings (SSSR count). The number of methoxy groups -OCH3 is 1. The minimum Gasteiger partial charge on any atom is -0.383 e. The third-order valence-corrected chi connectivity index (χ3v) is 4.17. The number of nitrogens with zero attached hydrogens (tertiary/aromatic N) is 2. The minimum atomic E-state index is -0.722. The number of likely N-dealkylation sites (tertiary alicyclic amines) is 1. The van der Waals surface area contributed by atoms with Gasteiger partial charge in [-0.25, -0.2) is 4.98 Å². The van der Waals surface area contributed by atoms with Crippen LogP contribution in [0.3, 0.4) is 0 Å². The highest BCUT2D eigenvalue weighted by molar-refractivity contribution is 5.91.